The molecule has 1 aromatic rings. The van der Waals surface area contributed by atoms with Crippen LogP contribution in [0.15, 0.2) is 17.3 Å². The van der Waals surface area contributed by atoms with E-state index in [0.29, 0.717) is 18.6 Å². The van der Waals surface area contributed by atoms with Crippen molar-refractivity contribution in [1.82, 2.24) is 9.80 Å². The van der Waals surface area contributed by atoms with E-state index in [2.05, 4.69) is 47.9 Å². The van der Waals surface area contributed by atoms with Crippen LogP contribution in [0, 0.1) is 5.92 Å². The molecule has 156 valence electrons. The summed E-state index contributed by atoms with van der Waals surface area (Å²) in [6.45, 7) is 12.4. The number of fused-ring (bicyclic) bond motifs is 3. The lowest BCUT2D eigenvalue weighted by atomic mass is 9.82. The number of hydrogen-bond acceptors (Lipinski definition) is 6. The maximum atomic E-state index is 5.71. The summed E-state index contributed by atoms with van der Waals surface area (Å²) in [5, 5.41) is 4.55. The van der Waals surface area contributed by atoms with Crippen molar-refractivity contribution in [1.29, 1.82) is 0 Å². The highest BCUT2D eigenvalue weighted by molar-refractivity contribution is 5.87. The van der Waals surface area contributed by atoms with Crippen molar-refractivity contribution in [2.75, 3.05) is 53.6 Å². The SMILES string of the molecule is CCN(CC)CCO/N=C1/CC2c3cc(OC)c(OC)cc3CCN2CC1C. The van der Waals surface area contributed by atoms with E-state index in [0.717, 1.165) is 57.1 Å². The summed E-state index contributed by atoms with van der Waals surface area (Å²) in [6.07, 6.45) is 1.96. The Balaban J connectivity index is 1.73. The molecule has 2 atom stereocenters. The molecule has 2 heterocycles. The summed E-state index contributed by atoms with van der Waals surface area (Å²) in [7, 11) is 3.40. The molecule has 0 aliphatic carbocycles. The van der Waals surface area contributed by atoms with Crippen LogP contribution in [0.2, 0.25) is 0 Å². The van der Waals surface area contributed by atoms with Gasteiger partial charge in [-0.05, 0) is 42.8 Å². The van der Waals surface area contributed by atoms with Crippen molar-refractivity contribution >= 4 is 5.71 Å². The Morgan fingerprint density at radius 2 is 1.86 bits per heavy atom. The number of ether oxygens (including phenoxy) is 2. The molecule has 0 spiro atoms. The molecule has 6 heteroatoms. The molecule has 0 bridgehead atoms. The molecule has 2 aliphatic rings. The van der Waals surface area contributed by atoms with Gasteiger partial charge in [0.2, 0.25) is 0 Å². The van der Waals surface area contributed by atoms with E-state index in [4.69, 9.17) is 14.3 Å². The molecule has 1 saturated heterocycles. The average molecular weight is 390 g/mol. The normalized spacial score (nSPS) is 23.4. The van der Waals surface area contributed by atoms with Gasteiger partial charge in [0.1, 0.15) is 6.61 Å². The summed E-state index contributed by atoms with van der Waals surface area (Å²) >= 11 is 0. The van der Waals surface area contributed by atoms with E-state index in [-0.39, 0.29) is 0 Å². The fraction of sp³-hybridized carbons (Fsp3) is 0.682. The number of piperidine rings is 1. The number of benzene rings is 1. The highest BCUT2D eigenvalue weighted by atomic mass is 16.6. The van der Waals surface area contributed by atoms with Gasteiger partial charge in [0.15, 0.2) is 11.5 Å². The summed E-state index contributed by atoms with van der Waals surface area (Å²) in [6, 6.07) is 4.63. The number of hydrogen-bond donors (Lipinski definition) is 0. The zero-order valence-electron chi connectivity index (χ0n) is 18.0. The number of oxime groups is 1. The number of nitrogens with zero attached hydrogens (tertiary/aromatic N) is 3. The number of rotatable bonds is 8. The van der Waals surface area contributed by atoms with E-state index >= 15 is 0 Å². The summed E-state index contributed by atoms with van der Waals surface area (Å²) in [4.78, 5) is 10.6. The Labute approximate surface area is 169 Å². The first-order valence-electron chi connectivity index (χ1n) is 10.5. The molecular formula is C22H35N3O3. The van der Waals surface area contributed by atoms with Gasteiger partial charge in [0.25, 0.3) is 0 Å². The lowest BCUT2D eigenvalue weighted by Gasteiger charge is -2.43. The van der Waals surface area contributed by atoms with Crippen LogP contribution in [0.1, 0.15) is 44.4 Å². The van der Waals surface area contributed by atoms with Gasteiger partial charge in [-0.1, -0.05) is 25.9 Å². The van der Waals surface area contributed by atoms with Gasteiger partial charge in [-0.2, -0.15) is 0 Å². The Morgan fingerprint density at radius 1 is 1.14 bits per heavy atom. The monoisotopic (exact) mass is 389 g/mol. The van der Waals surface area contributed by atoms with Crippen molar-refractivity contribution in [2.45, 2.75) is 39.7 Å². The van der Waals surface area contributed by atoms with Crippen molar-refractivity contribution in [3.63, 3.8) is 0 Å². The Kier molecular flexibility index (Phi) is 7.18. The number of likely N-dealkylation sites (N-methyl/N-ethyl adjacent to an activating group) is 1. The van der Waals surface area contributed by atoms with Crippen molar-refractivity contribution in [3.05, 3.63) is 23.3 Å². The second-order valence-corrected chi connectivity index (χ2v) is 7.71. The molecule has 6 nitrogen and oxygen atoms in total. The predicted molar refractivity (Wildman–Crippen MR) is 113 cm³/mol. The quantitative estimate of drug-likeness (QED) is 0.504. The van der Waals surface area contributed by atoms with Crippen LogP contribution in [0.5, 0.6) is 11.5 Å². The standard InChI is InChI=1S/C22H35N3O3/c1-6-24(7-2)10-11-28-23-19-14-20-18-13-22(27-5)21(26-4)12-17(18)8-9-25(20)15-16(19)3/h12-13,16,20H,6-11,14-15H2,1-5H3/b23-19-. The van der Waals surface area contributed by atoms with Crippen LogP contribution < -0.4 is 9.47 Å². The fourth-order valence-electron chi connectivity index (χ4n) is 4.36. The van der Waals surface area contributed by atoms with Gasteiger partial charge in [-0.25, -0.2) is 0 Å². The highest BCUT2D eigenvalue weighted by Gasteiger charge is 2.36. The molecule has 0 aromatic heterocycles. The molecule has 0 amide bonds. The first kappa shape index (κ1) is 20.9. The minimum absolute atomic E-state index is 0.338. The van der Waals surface area contributed by atoms with E-state index in [1.807, 2.05) is 0 Å². The van der Waals surface area contributed by atoms with Crippen LogP contribution >= 0.6 is 0 Å². The van der Waals surface area contributed by atoms with Crippen LogP contribution in [-0.4, -0.2) is 69.1 Å². The van der Waals surface area contributed by atoms with Gasteiger partial charge in [0, 0.05) is 38.0 Å². The van der Waals surface area contributed by atoms with Crippen LogP contribution in [0.4, 0.5) is 0 Å². The summed E-state index contributed by atoms with van der Waals surface area (Å²) in [5.41, 5.74) is 3.87. The first-order valence-corrected chi connectivity index (χ1v) is 10.5. The highest BCUT2D eigenvalue weighted by Crippen LogP contribution is 2.42. The molecule has 1 aromatic carbocycles. The van der Waals surface area contributed by atoms with Crippen molar-refractivity contribution < 1.29 is 14.3 Å². The molecule has 2 unspecified atom stereocenters. The van der Waals surface area contributed by atoms with E-state index in [1.165, 1.54) is 16.8 Å². The lowest BCUT2D eigenvalue weighted by Crippen LogP contribution is -2.45. The molecule has 3 rings (SSSR count). The third-order valence-electron chi connectivity index (χ3n) is 6.17. The lowest BCUT2D eigenvalue weighted by molar-refractivity contribution is 0.105. The minimum atomic E-state index is 0.338. The second kappa shape index (κ2) is 9.61. The largest absolute Gasteiger partial charge is 0.493 e. The van der Waals surface area contributed by atoms with Gasteiger partial charge >= 0.3 is 0 Å². The smallest absolute Gasteiger partial charge is 0.161 e. The zero-order chi connectivity index (χ0) is 20.1. The van der Waals surface area contributed by atoms with Crippen LogP contribution in [0.25, 0.3) is 0 Å². The number of methoxy groups -OCH3 is 2. The van der Waals surface area contributed by atoms with Gasteiger partial charge in [-0.15, -0.1) is 0 Å². The molecule has 0 radical (unpaired) electrons. The van der Waals surface area contributed by atoms with Crippen LogP contribution in [-0.2, 0) is 11.3 Å². The summed E-state index contributed by atoms with van der Waals surface area (Å²) in [5.74, 6) is 2.04. The van der Waals surface area contributed by atoms with Gasteiger partial charge in [-0.3, -0.25) is 4.90 Å². The topological polar surface area (TPSA) is 46.5 Å². The Hall–Kier alpha value is -1.79. The minimum Gasteiger partial charge on any atom is -0.493 e. The molecular weight excluding hydrogens is 354 g/mol. The maximum Gasteiger partial charge on any atom is 0.161 e. The molecule has 2 aliphatic heterocycles. The van der Waals surface area contributed by atoms with Crippen molar-refractivity contribution in [3.8, 4) is 11.5 Å². The zero-order valence-corrected chi connectivity index (χ0v) is 18.0. The van der Waals surface area contributed by atoms with Gasteiger partial charge < -0.3 is 19.2 Å². The second-order valence-electron chi connectivity index (χ2n) is 7.71. The maximum absolute atomic E-state index is 5.71. The van der Waals surface area contributed by atoms with Crippen molar-refractivity contribution in [2.24, 2.45) is 11.1 Å². The van der Waals surface area contributed by atoms with E-state index in [9.17, 15) is 0 Å². The summed E-state index contributed by atoms with van der Waals surface area (Å²) < 4.78 is 11.0. The first-order chi connectivity index (χ1) is 13.6. The van der Waals surface area contributed by atoms with Crippen LogP contribution in [0.3, 0.4) is 0 Å². The molecule has 1 fully saturated rings. The average Bonchev–Trinajstić information content (AvgIpc) is 2.72. The fourth-order valence-corrected chi connectivity index (χ4v) is 4.36. The third-order valence-corrected chi connectivity index (χ3v) is 6.17. The molecule has 0 N–H and O–H groups in total. The Morgan fingerprint density at radius 3 is 2.54 bits per heavy atom. The third kappa shape index (κ3) is 4.44. The van der Waals surface area contributed by atoms with Gasteiger partial charge in [0.05, 0.1) is 19.9 Å². The molecule has 28 heavy (non-hydrogen) atoms. The predicted octanol–water partition coefficient (Wildman–Crippen LogP) is 3.36. The van der Waals surface area contributed by atoms with E-state index in [1.54, 1.807) is 14.2 Å². The Bertz CT molecular complexity index is 688. The van der Waals surface area contributed by atoms with E-state index < -0.39 is 0 Å². The molecule has 0 saturated carbocycles.